The van der Waals surface area contributed by atoms with Crippen molar-refractivity contribution in [2.24, 2.45) is 0 Å². The number of carbonyl (C=O) groups excluding carboxylic acids is 1. The van der Waals surface area contributed by atoms with Gasteiger partial charge in [-0.3, -0.25) is 4.79 Å². The van der Waals surface area contributed by atoms with Crippen LogP contribution in [-0.2, 0) is 0 Å². The molecule has 0 fully saturated rings. The van der Waals surface area contributed by atoms with E-state index in [2.05, 4.69) is 15.9 Å². The number of ketones is 1. The molecule has 0 saturated carbocycles. The van der Waals surface area contributed by atoms with Crippen LogP contribution in [0.2, 0.25) is 0 Å². The highest BCUT2D eigenvalue weighted by Gasteiger charge is 2.20. The zero-order chi connectivity index (χ0) is 12.3. The minimum absolute atomic E-state index is 0.0971. The number of benzene rings is 1. The smallest absolute Gasteiger partial charge is 0.215 e. The number of Topliss-reactive ketones (excluding diaryl/α,β-unsaturated/α-hetero) is 1. The van der Waals surface area contributed by atoms with Crippen LogP contribution >= 0.6 is 15.9 Å². The van der Waals surface area contributed by atoms with Gasteiger partial charge in [-0.05, 0) is 29.8 Å². The molecule has 0 aliphatic carbocycles. The van der Waals surface area contributed by atoms with Crippen molar-refractivity contribution in [3.8, 4) is 5.75 Å². The first-order chi connectivity index (χ1) is 8.22. The molecule has 3 nitrogen and oxygen atoms in total. The molecule has 0 aliphatic rings. The lowest BCUT2D eigenvalue weighted by molar-refractivity contribution is 0.0965. The minimum atomic E-state index is -0.403. The first-order valence-electron chi connectivity index (χ1n) is 5.08. The molecule has 88 valence electrons. The number of carbonyl (C=O) groups is 1. The summed E-state index contributed by atoms with van der Waals surface area (Å²) in [6.07, 6.45) is 1.49. The monoisotopic (exact) mass is 294 g/mol. The van der Waals surface area contributed by atoms with Gasteiger partial charge in [-0.25, -0.2) is 0 Å². The topological polar surface area (TPSA) is 39.4 Å². The fourth-order valence-electron chi connectivity index (χ4n) is 1.47. The Hall–Kier alpha value is -1.55. The van der Waals surface area contributed by atoms with Gasteiger partial charge >= 0.3 is 0 Å². The van der Waals surface area contributed by atoms with Gasteiger partial charge in [0.1, 0.15) is 10.6 Å². The third kappa shape index (κ3) is 2.58. The van der Waals surface area contributed by atoms with Gasteiger partial charge in [0.25, 0.3) is 0 Å². The summed E-state index contributed by atoms with van der Waals surface area (Å²) in [5.74, 6) is 1.02. The zero-order valence-electron chi connectivity index (χ0n) is 9.22. The normalized spacial score (nSPS) is 12.1. The first-order valence-corrected chi connectivity index (χ1v) is 5.99. The van der Waals surface area contributed by atoms with E-state index in [1.807, 2.05) is 24.3 Å². The highest BCUT2D eigenvalue weighted by Crippen LogP contribution is 2.28. The van der Waals surface area contributed by atoms with Crippen molar-refractivity contribution in [1.82, 2.24) is 0 Å². The van der Waals surface area contributed by atoms with Gasteiger partial charge < -0.3 is 9.15 Å². The standard InChI is InChI=1S/C13H11BrO3/c1-16-10-6-4-9(5-7-10)12(14)13(15)11-3-2-8-17-11/h2-8,12H,1H3. The van der Waals surface area contributed by atoms with E-state index in [1.165, 1.54) is 6.26 Å². The molecule has 0 amide bonds. The van der Waals surface area contributed by atoms with Crippen LogP contribution in [-0.4, -0.2) is 12.9 Å². The summed E-state index contributed by atoms with van der Waals surface area (Å²) in [5.41, 5.74) is 0.868. The molecule has 1 unspecified atom stereocenters. The van der Waals surface area contributed by atoms with Crippen LogP contribution in [0.15, 0.2) is 47.1 Å². The Kier molecular flexibility index (Phi) is 3.64. The number of hydrogen-bond donors (Lipinski definition) is 0. The van der Waals surface area contributed by atoms with Crippen molar-refractivity contribution in [2.45, 2.75) is 4.83 Å². The molecule has 0 radical (unpaired) electrons. The lowest BCUT2D eigenvalue weighted by atomic mass is 10.1. The molecule has 0 bridgehead atoms. The minimum Gasteiger partial charge on any atom is -0.497 e. The van der Waals surface area contributed by atoms with Crippen LogP contribution in [0.25, 0.3) is 0 Å². The van der Waals surface area contributed by atoms with Crippen LogP contribution in [0, 0.1) is 0 Å². The lowest BCUT2D eigenvalue weighted by Gasteiger charge is -2.08. The summed E-state index contributed by atoms with van der Waals surface area (Å²) in [6.45, 7) is 0. The first kappa shape index (κ1) is 11.9. The van der Waals surface area contributed by atoms with E-state index < -0.39 is 4.83 Å². The molecule has 2 rings (SSSR count). The third-order valence-electron chi connectivity index (χ3n) is 2.40. The van der Waals surface area contributed by atoms with Crippen molar-refractivity contribution in [2.75, 3.05) is 7.11 Å². The van der Waals surface area contributed by atoms with E-state index in [1.54, 1.807) is 19.2 Å². The van der Waals surface area contributed by atoms with Crippen molar-refractivity contribution < 1.29 is 13.9 Å². The van der Waals surface area contributed by atoms with Gasteiger partial charge in [-0.1, -0.05) is 28.1 Å². The average Bonchev–Trinajstić information content (AvgIpc) is 2.91. The molecule has 0 spiro atoms. The number of furan rings is 1. The Balaban J connectivity index is 2.19. The van der Waals surface area contributed by atoms with Crippen LogP contribution in [0.1, 0.15) is 20.9 Å². The molecule has 1 heterocycles. The Bertz CT molecular complexity index is 488. The summed E-state index contributed by atoms with van der Waals surface area (Å²) in [4.78, 5) is 11.6. The Labute approximate surface area is 108 Å². The maximum absolute atomic E-state index is 12.0. The van der Waals surface area contributed by atoms with E-state index in [9.17, 15) is 4.79 Å². The maximum Gasteiger partial charge on any atom is 0.215 e. The van der Waals surface area contributed by atoms with Crippen LogP contribution in [0.4, 0.5) is 0 Å². The summed E-state index contributed by atoms with van der Waals surface area (Å²) in [6, 6.07) is 10.7. The van der Waals surface area contributed by atoms with Gasteiger partial charge in [0.05, 0.1) is 13.4 Å². The fraction of sp³-hybridized carbons (Fsp3) is 0.154. The van der Waals surface area contributed by atoms with E-state index in [0.717, 1.165) is 11.3 Å². The predicted molar refractivity (Wildman–Crippen MR) is 67.7 cm³/mol. The van der Waals surface area contributed by atoms with E-state index in [4.69, 9.17) is 9.15 Å². The number of halogens is 1. The molecule has 2 aromatic rings. The number of methoxy groups -OCH3 is 1. The van der Waals surface area contributed by atoms with Gasteiger partial charge in [0.2, 0.25) is 5.78 Å². The Morgan fingerprint density at radius 3 is 2.53 bits per heavy atom. The summed E-state index contributed by atoms with van der Waals surface area (Å²) in [7, 11) is 1.61. The molecule has 17 heavy (non-hydrogen) atoms. The number of rotatable bonds is 4. The molecule has 1 aromatic heterocycles. The lowest BCUT2D eigenvalue weighted by Crippen LogP contribution is -2.05. The highest BCUT2D eigenvalue weighted by molar-refractivity contribution is 9.09. The molecule has 4 heteroatoms. The highest BCUT2D eigenvalue weighted by atomic mass is 79.9. The van der Waals surface area contributed by atoms with Gasteiger partial charge in [0, 0.05) is 0 Å². The third-order valence-corrected chi connectivity index (χ3v) is 3.35. The fourth-order valence-corrected chi connectivity index (χ4v) is 2.00. The molecular weight excluding hydrogens is 284 g/mol. The van der Waals surface area contributed by atoms with E-state index >= 15 is 0 Å². The van der Waals surface area contributed by atoms with Gasteiger partial charge in [0.15, 0.2) is 5.76 Å². The molecular formula is C13H11BrO3. The SMILES string of the molecule is COc1ccc(C(Br)C(=O)c2ccco2)cc1. The molecule has 1 atom stereocenters. The Morgan fingerprint density at radius 2 is 2.00 bits per heavy atom. The largest absolute Gasteiger partial charge is 0.497 e. The summed E-state index contributed by atoms with van der Waals surface area (Å²) in [5, 5.41) is 0. The average molecular weight is 295 g/mol. The second kappa shape index (κ2) is 5.19. The van der Waals surface area contributed by atoms with Crippen LogP contribution < -0.4 is 4.74 Å². The van der Waals surface area contributed by atoms with Crippen molar-refractivity contribution in [3.63, 3.8) is 0 Å². The predicted octanol–water partition coefficient (Wildman–Crippen LogP) is 3.61. The Morgan fingerprint density at radius 1 is 1.29 bits per heavy atom. The maximum atomic E-state index is 12.0. The van der Waals surface area contributed by atoms with Crippen molar-refractivity contribution in [3.05, 3.63) is 54.0 Å². The molecule has 0 aliphatic heterocycles. The molecule has 1 aromatic carbocycles. The van der Waals surface area contributed by atoms with Gasteiger partial charge in [-0.15, -0.1) is 0 Å². The number of ether oxygens (including phenoxy) is 1. The summed E-state index contributed by atoms with van der Waals surface area (Å²) < 4.78 is 10.1. The number of alkyl halides is 1. The van der Waals surface area contributed by atoms with E-state index in [-0.39, 0.29) is 5.78 Å². The molecule has 0 N–H and O–H groups in total. The van der Waals surface area contributed by atoms with Gasteiger partial charge in [-0.2, -0.15) is 0 Å². The van der Waals surface area contributed by atoms with Crippen molar-refractivity contribution in [1.29, 1.82) is 0 Å². The second-order valence-electron chi connectivity index (χ2n) is 3.48. The van der Waals surface area contributed by atoms with Crippen molar-refractivity contribution >= 4 is 21.7 Å². The molecule has 0 saturated heterocycles. The van der Waals surface area contributed by atoms with E-state index in [0.29, 0.717) is 5.76 Å². The zero-order valence-corrected chi connectivity index (χ0v) is 10.8. The second-order valence-corrected chi connectivity index (χ2v) is 4.39. The quantitative estimate of drug-likeness (QED) is 0.639. The van der Waals surface area contributed by atoms with Crippen LogP contribution in [0.3, 0.4) is 0 Å². The number of hydrogen-bond acceptors (Lipinski definition) is 3. The summed E-state index contributed by atoms with van der Waals surface area (Å²) >= 11 is 3.37. The van der Waals surface area contributed by atoms with Crippen LogP contribution in [0.5, 0.6) is 5.75 Å².